The number of hydrogen-bond acceptors (Lipinski definition) is 9. The van der Waals surface area contributed by atoms with E-state index in [1.54, 1.807) is 0 Å². The number of amides is 2. The molecule has 2 aromatic heterocycles. The fraction of sp³-hybridized carbons (Fsp3) is 0.607. The number of fused-ring (bicyclic) bond motifs is 1. The highest BCUT2D eigenvalue weighted by Gasteiger charge is 2.27. The number of carbonyl (C=O) groups excluding carboxylic acids is 1. The lowest BCUT2D eigenvalue weighted by Crippen LogP contribution is -2.37. The summed E-state index contributed by atoms with van der Waals surface area (Å²) in [5.41, 5.74) is 3.10. The van der Waals surface area contributed by atoms with Crippen LogP contribution >= 0.6 is 0 Å². The fourth-order valence-corrected chi connectivity index (χ4v) is 5.23. The van der Waals surface area contributed by atoms with E-state index in [0.29, 0.717) is 31.3 Å². The fourth-order valence-electron chi connectivity index (χ4n) is 5.23. The average Bonchev–Trinajstić information content (AvgIpc) is 3.40. The summed E-state index contributed by atoms with van der Waals surface area (Å²) in [5.74, 6) is 1.43. The Morgan fingerprint density at radius 1 is 1.07 bits per heavy atom. The van der Waals surface area contributed by atoms with Crippen LogP contribution < -0.4 is 15.5 Å². The van der Waals surface area contributed by atoms with Crippen LogP contribution in [-0.2, 0) is 4.74 Å². The molecular formula is C28H42N10O2. The molecule has 5 rings (SSSR count). The Labute approximate surface area is 236 Å². The molecule has 0 saturated carbocycles. The molecule has 2 N–H and O–H groups in total. The van der Waals surface area contributed by atoms with Gasteiger partial charge in [0.15, 0.2) is 22.8 Å². The van der Waals surface area contributed by atoms with E-state index in [4.69, 9.17) is 14.7 Å². The van der Waals surface area contributed by atoms with Gasteiger partial charge >= 0.3 is 6.03 Å². The van der Waals surface area contributed by atoms with Crippen molar-refractivity contribution in [3.63, 3.8) is 0 Å². The number of likely N-dealkylation sites (tertiary alicyclic amines) is 1. The molecule has 12 heteroatoms. The van der Waals surface area contributed by atoms with Crippen LogP contribution in [0, 0.1) is 0 Å². The minimum atomic E-state index is -0.224. The van der Waals surface area contributed by atoms with Gasteiger partial charge in [0.1, 0.15) is 0 Å². The topological polar surface area (TPSA) is 117 Å². The molecule has 0 aliphatic carbocycles. The Kier molecular flexibility index (Phi) is 9.40. The molecule has 0 atom stereocenters. The van der Waals surface area contributed by atoms with E-state index < -0.39 is 0 Å². The molecule has 2 aliphatic rings. The number of urea groups is 1. The van der Waals surface area contributed by atoms with Crippen molar-refractivity contribution in [1.29, 1.82) is 0 Å². The summed E-state index contributed by atoms with van der Waals surface area (Å²) in [4.78, 5) is 29.0. The van der Waals surface area contributed by atoms with Crippen molar-refractivity contribution in [2.45, 2.75) is 38.6 Å². The van der Waals surface area contributed by atoms with E-state index in [-0.39, 0.29) is 12.1 Å². The molecular weight excluding hydrogens is 508 g/mol. The van der Waals surface area contributed by atoms with Gasteiger partial charge < -0.3 is 30.1 Å². The monoisotopic (exact) mass is 550 g/mol. The number of unbranched alkanes of at least 4 members (excludes halogenated alkanes) is 1. The van der Waals surface area contributed by atoms with Crippen LogP contribution in [0.15, 0.2) is 24.3 Å². The van der Waals surface area contributed by atoms with Gasteiger partial charge in [0.25, 0.3) is 0 Å². The number of piperidine rings is 1. The Morgan fingerprint density at radius 2 is 1.82 bits per heavy atom. The summed E-state index contributed by atoms with van der Waals surface area (Å²) >= 11 is 0. The normalized spacial score (nSPS) is 17.1. The lowest BCUT2D eigenvalue weighted by atomic mass is 10.0. The summed E-state index contributed by atoms with van der Waals surface area (Å²) < 4.78 is 7.62. The minimum absolute atomic E-state index is 0.224. The molecule has 3 aromatic rings. The van der Waals surface area contributed by atoms with Crippen molar-refractivity contribution in [2.75, 3.05) is 83.3 Å². The number of aromatic nitrogens is 5. The summed E-state index contributed by atoms with van der Waals surface area (Å²) in [5, 5.41) is 15.0. The molecule has 2 fully saturated rings. The molecule has 40 heavy (non-hydrogen) atoms. The third-order valence-corrected chi connectivity index (χ3v) is 7.59. The first-order valence-corrected chi connectivity index (χ1v) is 14.5. The highest BCUT2D eigenvalue weighted by molar-refractivity contribution is 5.89. The van der Waals surface area contributed by atoms with Gasteiger partial charge in [-0.1, -0.05) is 18.6 Å². The Bertz CT molecular complexity index is 1250. The van der Waals surface area contributed by atoms with Gasteiger partial charge in [-0.2, -0.15) is 0 Å². The SMILES string of the molecule is CCCCN1CCC(n2nnc3c(N4CCOCC4)nc(-c4ccc(NC(=O)NCCN(C)C)cc4)nc32)CC1. The first-order chi connectivity index (χ1) is 19.5. The van der Waals surface area contributed by atoms with Gasteiger partial charge in [0, 0.05) is 50.5 Å². The van der Waals surface area contributed by atoms with Gasteiger partial charge in [0.2, 0.25) is 0 Å². The first kappa shape index (κ1) is 28.2. The molecule has 2 saturated heterocycles. The van der Waals surface area contributed by atoms with Gasteiger partial charge in [-0.05, 0) is 64.2 Å². The van der Waals surface area contributed by atoms with E-state index >= 15 is 0 Å². The zero-order chi connectivity index (χ0) is 27.9. The second-order valence-electron chi connectivity index (χ2n) is 10.9. The predicted octanol–water partition coefficient (Wildman–Crippen LogP) is 2.85. The zero-order valence-electron chi connectivity index (χ0n) is 24.0. The molecule has 12 nitrogen and oxygen atoms in total. The van der Waals surface area contributed by atoms with Crippen molar-refractivity contribution in [1.82, 2.24) is 40.1 Å². The maximum Gasteiger partial charge on any atom is 0.319 e. The quantitative estimate of drug-likeness (QED) is 0.393. The predicted molar refractivity (Wildman–Crippen MR) is 157 cm³/mol. The van der Waals surface area contributed by atoms with Crippen molar-refractivity contribution >= 4 is 28.7 Å². The van der Waals surface area contributed by atoms with Crippen LogP contribution in [0.3, 0.4) is 0 Å². The molecule has 2 aliphatic heterocycles. The van der Waals surface area contributed by atoms with E-state index in [1.807, 2.05) is 47.9 Å². The van der Waals surface area contributed by atoms with E-state index in [9.17, 15) is 4.79 Å². The number of rotatable bonds is 10. The molecule has 4 heterocycles. The zero-order valence-corrected chi connectivity index (χ0v) is 24.0. The second-order valence-corrected chi connectivity index (χ2v) is 10.9. The number of likely N-dealkylation sites (N-methyl/N-ethyl adjacent to an activating group) is 1. The van der Waals surface area contributed by atoms with Crippen LogP contribution in [0.25, 0.3) is 22.6 Å². The number of anilines is 2. The summed E-state index contributed by atoms with van der Waals surface area (Å²) in [6.45, 7) is 9.71. The van der Waals surface area contributed by atoms with Crippen LogP contribution in [0.1, 0.15) is 38.6 Å². The van der Waals surface area contributed by atoms with Gasteiger partial charge in [-0.25, -0.2) is 19.4 Å². The van der Waals surface area contributed by atoms with E-state index in [0.717, 1.165) is 74.7 Å². The standard InChI is InChI=1S/C28H42N10O2/c1-4-5-13-36-14-10-23(11-15-36)38-27-24(33-34-38)26(37-17-19-40-20-18-37)31-25(32-27)21-6-8-22(9-7-21)30-28(39)29-12-16-35(2)3/h6-9,23H,4-5,10-20H2,1-3H3,(H2,29,30,39). The Morgan fingerprint density at radius 3 is 2.52 bits per heavy atom. The molecule has 2 amide bonds. The molecule has 0 spiro atoms. The maximum atomic E-state index is 12.2. The van der Waals surface area contributed by atoms with Crippen LogP contribution in [0.4, 0.5) is 16.3 Å². The summed E-state index contributed by atoms with van der Waals surface area (Å²) in [6.07, 6.45) is 4.53. The first-order valence-electron chi connectivity index (χ1n) is 14.5. The maximum absolute atomic E-state index is 12.2. The number of benzene rings is 1. The number of nitrogens with zero attached hydrogens (tertiary/aromatic N) is 8. The Balaban J connectivity index is 1.38. The lowest BCUT2D eigenvalue weighted by molar-refractivity contribution is 0.122. The van der Waals surface area contributed by atoms with E-state index in [2.05, 4.69) is 37.7 Å². The molecule has 0 bridgehead atoms. The molecule has 0 radical (unpaired) electrons. The average molecular weight is 551 g/mol. The van der Waals surface area contributed by atoms with Crippen LogP contribution in [0.2, 0.25) is 0 Å². The highest BCUT2D eigenvalue weighted by atomic mass is 16.5. The smallest absolute Gasteiger partial charge is 0.319 e. The minimum Gasteiger partial charge on any atom is -0.378 e. The highest BCUT2D eigenvalue weighted by Crippen LogP contribution is 2.31. The van der Waals surface area contributed by atoms with Gasteiger partial charge in [-0.3, -0.25) is 0 Å². The number of morpholine rings is 1. The van der Waals surface area contributed by atoms with Crippen LogP contribution in [-0.4, -0.2) is 114 Å². The van der Waals surface area contributed by atoms with Crippen molar-refractivity contribution < 1.29 is 9.53 Å². The van der Waals surface area contributed by atoms with Crippen molar-refractivity contribution in [3.05, 3.63) is 24.3 Å². The summed E-state index contributed by atoms with van der Waals surface area (Å²) in [7, 11) is 3.95. The second kappa shape index (κ2) is 13.3. The number of hydrogen-bond donors (Lipinski definition) is 2. The van der Waals surface area contributed by atoms with E-state index in [1.165, 1.54) is 12.8 Å². The largest absolute Gasteiger partial charge is 0.378 e. The summed E-state index contributed by atoms with van der Waals surface area (Å²) in [6, 6.07) is 7.69. The van der Waals surface area contributed by atoms with Crippen molar-refractivity contribution in [2.24, 2.45) is 0 Å². The van der Waals surface area contributed by atoms with Crippen LogP contribution in [0.5, 0.6) is 0 Å². The molecule has 0 unspecified atom stereocenters. The van der Waals surface area contributed by atoms with Crippen molar-refractivity contribution in [3.8, 4) is 11.4 Å². The third-order valence-electron chi connectivity index (χ3n) is 7.59. The molecule has 1 aromatic carbocycles. The Hall–Kier alpha value is -3.35. The third kappa shape index (κ3) is 6.86. The van der Waals surface area contributed by atoms with Gasteiger partial charge in [-0.15, -0.1) is 5.10 Å². The number of ether oxygens (including phenoxy) is 1. The molecule has 216 valence electrons. The number of carbonyl (C=O) groups is 1. The lowest BCUT2D eigenvalue weighted by Gasteiger charge is -2.31. The number of nitrogens with one attached hydrogen (secondary N) is 2. The van der Waals surface area contributed by atoms with Gasteiger partial charge in [0.05, 0.1) is 19.3 Å².